The van der Waals surface area contributed by atoms with Gasteiger partial charge in [0.25, 0.3) is 0 Å². The number of hydrogen-bond donors (Lipinski definition) is 0. The molecule has 0 saturated heterocycles. The number of para-hydroxylation sites is 1. The highest BCUT2D eigenvalue weighted by Gasteiger charge is 2.40. The van der Waals surface area contributed by atoms with E-state index in [9.17, 15) is 9.59 Å². The Morgan fingerprint density at radius 1 is 0.674 bits per heavy atom. The minimum Gasteiger partial charge on any atom is -0.456 e. The predicted octanol–water partition coefficient (Wildman–Crippen LogP) is 9.07. The Bertz CT molecular complexity index is 2120. The Labute approximate surface area is 248 Å². The van der Waals surface area contributed by atoms with Gasteiger partial charge in [0.05, 0.1) is 11.1 Å². The van der Waals surface area contributed by atoms with E-state index in [4.69, 9.17) is 4.42 Å². The molecule has 0 radical (unpaired) electrons. The highest BCUT2D eigenvalue weighted by atomic mass is 16.3. The first-order chi connectivity index (χ1) is 20.9. The molecule has 206 valence electrons. The molecule has 0 N–H and O–H groups in total. The SMILES string of the molecule is CC1(C)c2cc(N(c3ccccc3)c3ccc4ccccc4c3)ccc2-c2oc(/C=C3\C(=O)c4cccnc4C3=O)cc21. The van der Waals surface area contributed by atoms with Crippen molar-refractivity contribution in [1.29, 1.82) is 0 Å². The second-order valence-electron chi connectivity index (χ2n) is 11.6. The van der Waals surface area contributed by atoms with E-state index in [1.807, 2.05) is 12.1 Å². The fraction of sp³-hybridized carbons (Fsp3) is 0.0789. The average Bonchev–Trinajstić information content (AvgIpc) is 3.63. The summed E-state index contributed by atoms with van der Waals surface area (Å²) in [5, 5.41) is 2.38. The number of fused-ring (bicyclic) bond motifs is 5. The first-order valence-corrected chi connectivity index (χ1v) is 14.3. The molecule has 43 heavy (non-hydrogen) atoms. The van der Waals surface area contributed by atoms with Gasteiger partial charge in [-0.15, -0.1) is 0 Å². The molecule has 2 aliphatic carbocycles. The van der Waals surface area contributed by atoms with E-state index < -0.39 is 0 Å². The van der Waals surface area contributed by atoms with Gasteiger partial charge >= 0.3 is 0 Å². The van der Waals surface area contributed by atoms with Gasteiger partial charge in [-0.05, 0) is 83.1 Å². The molecule has 2 aliphatic rings. The lowest BCUT2D eigenvalue weighted by Crippen LogP contribution is -2.16. The molecule has 2 aromatic heterocycles. The molecule has 0 aliphatic heterocycles. The largest absolute Gasteiger partial charge is 0.456 e. The fourth-order valence-electron chi connectivity index (χ4n) is 6.44. The number of Topliss-reactive ketones (excluding diaryl/α,β-unsaturated/α-hetero) is 2. The van der Waals surface area contributed by atoms with Crippen LogP contribution in [-0.2, 0) is 5.41 Å². The highest BCUT2D eigenvalue weighted by Crippen LogP contribution is 2.52. The number of benzene rings is 4. The third kappa shape index (κ3) is 3.82. The molecule has 0 atom stereocenters. The minimum absolute atomic E-state index is 0.0865. The van der Waals surface area contributed by atoms with Crippen molar-refractivity contribution in [1.82, 2.24) is 4.98 Å². The summed E-state index contributed by atoms with van der Waals surface area (Å²) in [7, 11) is 0. The van der Waals surface area contributed by atoms with Crippen molar-refractivity contribution in [3.8, 4) is 11.3 Å². The number of carbonyl (C=O) groups is 2. The van der Waals surface area contributed by atoms with Crippen molar-refractivity contribution in [3.63, 3.8) is 0 Å². The minimum atomic E-state index is -0.365. The number of pyridine rings is 1. The van der Waals surface area contributed by atoms with Crippen LogP contribution in [0.2, 0.25) is 0 Å². The zero-order valence-electron chi connectivity index (χ0n) is 23.7. The van der Waals surface area contributed by atoms with E-state index in [2.05, 4.69) is 109 Å². The van der Waals surface area contributed by atoms with Crippen molar-refractivity contribution in [2.45, 2.75) is 19.3 Å². The van der Waals surface area contributed by atoms with Gasteiger partial charge in [-0.3, -0.25) is 14.6 Å². The molecule has 6 aromatic rings. The van der Waals surface area contributed by atoms with Crippen LogP contribution >= 0.6 is 0 Å². The molecule has 2 heterocycles. The van der Waals surface area contributed by atoms with E-state index >= 15 is 0 Å². The molecule has 0 bridgehead atoms. The molecule has 4 aromatic carbocycles. The van der Waals surface area contributed by atoms with Gasteiger partial charge in [-0.25, -0.2) is 0 Å². The first kappa shape index (κ1) is 25.2. The second-order valence-corrected chi connectivity index (χ2v) is 11.6. The number of rotatable bonds is 4. The number of aromatic nitrogens is 1. The molecule has 0 fully saturated rings. The van der Waals surface area contributed by atoms with E-state index in [1.165, 1.54) is 17.0 Å². The van der Waals surface area contributed by atoms with Crippen LogP contribution in [0.5, 0.6) is 0 Å². The molecule has 0 spiro atoms. The second kappa shape index (κ2) is 9.23. The standard InChI is InChI=1S/C38H26N2O3/c1-38(2)32-20-27(40(25-11-4-3-5-12-25)26-15-14-23-9-6-7-10-24(23)19-26)16-17-29(32)37-33(38)22-28(43-37)21-31-35(41)30-13-8-18-39-34(30)36(31)42/h3-22H,1-2H3/b31-21+. The number of ketones is 2. The number of carbonyl (C=O) groups excluding carboxylic acids is 2. The zero-order valence-corrected chi connectivity index (χ0v) is 23.7. The smallest absolute Gasteiger partial charge is 0.216 e. The summed E-state index contributed by atoms with van der Waals surface area (Å²) in [4.78, 5) is 32.3. The Hall–Kier alpha value is -5.55. The molecule has 0 unspecified atom stereocenters. The number of anilines is 3. The average molecular weight is 559 g/mol. The van der Waals surface area contributed by atoms with Gasteiger partial charge < -0.3 is 9.32 Å². The lowest BCUT2D eigenvalue weighted by molar-refractivity contribution is 0.0989. The normalized spacial score (nSPS) is 15.5. The van der Waals surface area contributed by atoms with Gasteiger partial charge in [0, 0.05) is 39.8 Å². The van der Waals surface area contributed by atoms with Crippen LogP contribution in [0.4, 0.5) is 17.1 Å². The summed E-state index contributed by atoms with van der Waals surface area (Å²) in [5.74, 6) is 0.572. The molecular formula is C38H26N2O3. The van der Waals surface area contributed by atoms with Crippen LogP contribution in [0, 0.1) is 0 Å². The maximum absolute atomic E-state index is 12.9. The Kier molecular flexibility index (Phi) is 5.41. The van der Waals surface area contributed by atoms with Crippen molar-refractivity contribution in [2.75, 3.05) is 4.90 Å². The monoisotopic (exact) mass is 558 g/mol. The van der Waals surface area contributed by atoms with Gasteiger partial charge in [0.1, 0.15) is 17.2 Å². The van der Waals surface area contributed by atoms with Crippen molar-refractivity contribution >= 4 is 45.5 Å². The highest BCUT2D eigenvalue weighted by molar-refractivity contribution is 6.40. The molecule has 5 heteroatoms. The van der Waals surface area contributed by atoms with E-state index in [1.54, 1.807) is 18.2 Å². The fourth-order valence-corrected chi connectivity index (χ4v) is 6.44. The maximum atomic E-state index is 12.9. The maximum Gasteiger partial charge on any atom is 0.216 e. The predicted molar refractivity (Wildman–Crippen MR) is 169 cm³/mol. The molecule has 0 saturated carbocycles. The van der Waals surface area contributed by atoms with Gasteiger partial charge in [0.2, 0.25) is 5.78 Å². The van der Waals surface area contributed by atoms with Crippen molar-refractivity contribution in [3.05, 3.63) is 149 Å². The number of hydrogen-bond acceptors (Lipinski definition) is 5. The Morgan fingerprint density at radius 3 is 2.23 bits per heavy atom. The van der Waals surface area contributed by atoms with Crippen LogP contribution in [0.15, 0.2) is 125 Å². The van der Waals surface area contributed by atoms with Gasteiger partial charge in [-0.1, -0.05) is 62.4 Å². The summed E-state index contributed by atoms with van der Waals surface area (Å²) in [5.41, 5.74) is 6.65. The van der Waals surface area contributed by atoms with Gasteiger partial charge in [0.15, 0.2) is 5.78 Å². The lowest BCUT2D eigenvalue weighted by Gasteiger charge is -2.28. The summed E-state index contributed by atoms with van der Waals surface area (Å²) in [6.45, 7) is 4.37. The number of furan rings is 1. The zero-order chi connectivity index (χ0) is 29.3. The van der Waals surface area contributed by atoms with E-state index in [-0.39, 0.29) is 28.2 Å². The molecule has 0 amide bonds. The van der Waals surface area contributed by atoms with E-state index in [0.717, 1.165) is 39.5 Å². The van der Waals surface area contributed by atoms with Crippen LogP contribution in [0.1, 0.15) is 51.6 Å². The third-order valence-electron chi connectivity index (χ3n) is 8.65. The summed E-state index contributed by atoms with van der Waals surface area (Å²) in [6.07, 6.45) is 3.09. The van der Waals surface area contributed by atoms with Crippen LogP contribution in [0.3, 0.4) is 0 Å². The van der Waals surface area contributed by atoms with Crippen molar-refractivity contribution in [2.24, 2.45) is 0 Å². The molecule has 8 rings (SSSR count). The first-order valence-electron chi connectivity index (χ1n) is 14.3. The third-order valence-corrected chi connectivity index (χ3v) is 8.65. The van der Waals surface area contributed by atoms with Crippen molar-refractivity contribution < 1.29 is 14.0 Å². The Balaban J connectivity index is 1.21. The molecular weight excluding hydrogens is 532 g/mol. The Morgan fingerprint density at radius 2 is 1.42 bits per heavy atom. The summed E-state index contributed by atoms with van der Waals surface area (Å²) >= 11 is 0. The van der Waals surface area contributed by atoms with Crippen LogP contribution in [-0.4, -0.2) is 16.6 Å². The van der Waals surface area contributed by atoms with E-state index in [0.29, 0.717) is 11.3 Å². The summed E-state index contributed by atoms with van der Waals surface area (Å²) < 4.78 is 6.35. The molecule has 5 nitrogen and oxygen atoms in total. The lowest BCUT2D eigenvalue weighted by atomic mass is 9.82. The summed E-state index contributed by atoms with van der Waals surface area (Å²) in [6, 6.07) is 37.1. The van der Waals surface area contributed by atoms with Crippen LogP contribution in [0.25, 0.3) is 28.2 Å². The van der Waals surface area contributed by atoms with Crippen LogP contribution < -0.4 is 4.90 Å². The number of nitrogens with zero attached hydrogens (tertiary/aromatic N) is 2. The van der Waals surface area contributed by atoms with Gasteiger partial charge in [-0.2, -0.15) is 0 Å². The topological polar surface area (TPSA) is 63.4 Å². The number of allylic oxidation sites excluding steroid dienone is 1. The quantitative estimate of drug-likeness (QED) is 0.160.